The van der Waals surface area contributed by atoms with Crippen LogP contribution in [0.2, 0.25) is 0 Å². The predicted molar refractivity (Wildman–Crippen MR) is 77.3 cm³/mol. The van der Waals surface area contributed by atoms with E-state index in [2.05, 4.69) is 22.2 Å². The van der Waals surface area contributed by atoms with Crippen molar-refractivity contribution in [1.29, 1.82) is 0 Å². The molecule has 1 aromatic heterocycles. The van der Waals surface area contributed by atoms with Crippen molar-refractivity contribution >= 4 is 0 Å². The zero-order valence-corrected chi connectivity index (χ0v) is 12.4. The molecule has 1 saturated heterocycles. The van der Waals surface area contributed by atoms with Crippen LogP contribution < -0.4 is 10.1 Å². The minimum atomic E-state index is -0.341. The van der Waals surface area contributed by atoms with E-state index >= 15 is 0 Å². The van der Waals surface area contributed by atoms with Crippen molar-refractivity contribution in [2.45, 2.75) is 38.8 Å². The highest BCUT2D eigenvalue weighted by atomic mass is 19.1. The molecule has 1 unspecified atom stereocenters. The Hall–Kier alpha value is -1.20. The van der Waals surface area contributed by atoms with Gasteiger partial charge in [0, 0.05) is 24.3 Å². The Morgan fingerprint density at radius 1 is 1.50 bits per heavy atom. The molecule has 1 fully saturated rings. The molecule has 4 nitrogen and oxygen atoms in total. The smallest absolute Gasteiger partial charge is 0.250 e. The summed E-state index contributed by atoms with van der Waals surface area (Å²) in [4.78, 5) is 6.29. The molecular formula is C15H24FN3O. The van der Waals surface area contributed by atoms with Crippen molar-refractivity contribution in [3.05, 3.63) is 23.6 Å². The number of piperidine rings is 1. The molecule has 1 N–H and O–H groups in total. The summed E-state index contributed by atoms with van der Waals surface area (Å²) in [5.41, 5.74) is 0.605. The molecule has 2 heterocycles. The summed E-state index contributed by atoms with van der Waals surface area (Å²) in [7, 11) is 2.10. The maximum absolute atomic E-state index is 14.2. The molecule has 5 heteroatoms. The second-order valence-corrected chi connectivity index (χ2v) is 5.31. The van der Waals surface area contributed by atoms with Crippen LogP contribution in [-0.4, -0.2) is 42.7 Å². The third kappa shape index (κ3) is 3.90. The lowest BCUT2D eigenvalue weighted by molar-refractivity contribution is 0.120. The first-order valence-electron chi connectivity index (χ1n) is 7.39. The predicted octanol–water partition coefficient (Wildman–Crippen LogP) is 2.19. The summed E-state index contributed by atoms with van der Waals surface area (Å²) in [6.07, 6.45) is 5.16. The Labute approximate surface area is 120 Å². The third-order valence-corrected chi connectivity index (χ3v) is 3.84. The van der Waals surface area contributed by atoms with Crippen molar-refractivity contribution in [3.63, 3.8) is 0 Å². The standard InChI is InChI=1S/C15H24FN3O/c1-3-17-10-12-7-8-18-15(14(12)16)20-11-13-6-4-5-9-19(13)2/h7-8,13,17H,3-6,9-11H2,1-2H3. The van der Waals surface area contributed by atoms with Gasteiger partial charge >= 0.3 is 0 Å². The fourth-order valence-electron chi connectivity index (χ4n) is 2.49. The van der Waals surface area contributed by atoms with Crippen LogP contribution in [0.15, 0.2) is 12.3 Å². The fourth-order valence-corrected chi connectivity index (χ4v) is 2.49. The highest BCUT2D eigenvalue weighted by molar-refractivity contribution is 5.23. The van der Waals surface area contributed by atoms with Crippen LogP contribution in [0.25, 0.3) is 0 Å². The normalized spacial score (nSPS) is 20.1. The molecule has 0 bridgehead atoms. The largest absolute Gasteiger partial charge is 0.474 e. The molecule has 0 amide bonds. The molecule has 112 valence electrons. The lowest BCUT2D eigenvalue weighted by atomic mass is 10.0. The van der Waals surface area contributed by atoms with Gasteiger partial charge in [-0.25, -0.2) is 9.37 Å². The molecule has 0 spiro atoms. The molecule has 2 rings (SSSR count). The Morgan fingerprint density at radius 2 is 2.35 bits per heavy atom. The van der Waals surface area contributed by atoms with Crippen LogP contribution in [0.3, 0.4) is 0 Å². The number of likely N-dealkylation sites (tertiary alicyclic amines) is 1. The summed E-state index contributed by atoms with van der Waals surface area (Å²) in [5, 5.41) is 3.11. The van der Waals surface area contributed by atoms with Crippen molar-refractivity contribution in [2.75, 3.05) is 26.7 Å². The van der Waals surface area contributed by atoms with Gasteiger partial charge in [0.2, 0.25) is 0 Å². The number of ether oxygens (including phenoxy) is 1. The van der Waals surface area contributed by atoms with Gasteiger partial charge in [0.25, 0.3) is 5.88 Å². The van der Waals surface area contributed by atoms with Crippen LogP contribution in [0.5, 0.6) is 5.88 Å². The van der Waals surface area contributed by atoms with Gasteiger partial charge in [0.1, 0.15) is 6.61 Å². The van der Waals surface area contributed by atoms with E-state index in [-0.39, 0.29) is 11.7 Å². The van der Waals surface area contributed by atoms with Gasteiger partial charge < -0.3 is 15.0 Å². The van der Waals surface area contributed by atoms with E-state index in [0.717, 1.165) is 19.5 Å². The molecule has 1 aromatic rings. The first-order valence-corrected chi connectivity index (χ1v) is 7.39. The van der Waals surface area contributed by atoms with Gasteiger partial charge in [-0.05, 0) is 39.0 Å². The van der Waals surface area contributed by atoms with E-state index in [1.807, 2.05) is 6.92 Å². The fraction of sp³-hybridized carbons (Fsp3) is 0.667. The van der Waals surface area contributed by atoms with E-state index in [0.29, 0.717) is 24.8 Å². The molecule has 1 atom stereocenters. The van der Waals surface area contributed by atoms with Crippen LogP contribution in [-0.2, 0) is 6.54 Å². The number of hydrogen-bond donors (Lipinski definition) is 1. The minimum Gasteiger partial charge on any atom is -0.474 e. The number of rotatable bonds is 6. The van der Waals surface area contributed by atoms with Gasteiger partial charge in [0.15, 0.2) is 5.82 Å². The maximum Gasteiger partial charge on any atom is 0.250 e. The molecule has 0 aromatic carbocycles. The molecule has 0 radical (unpaired) electrons. The SMILES string of the molecule is CCNCc1ccnc(OCC2CCCCN2C)c1F. The average molecular weight is 281 g/mol. The minimum absolute atomic E-state index is 0.124. The van der Waals surface area contributed by atoms with E-state index in [1.54, 1.807) is 12.3 Å². The number of hydrogen-bond acceptors (Lipinski definition) is 4. The first-order chi connectivity index (χ1) is 9.72. The van der Waals surface area contributed by atoms with Crippen molar-refractivity contribution in [2.24, 2.45) is 0 Å². The van der Waals surface area contributed by atoms with E-state index in [4.69, 9.17) is 4.74 Å². The van der Waals surface area contributed by atoms with Crippen LogP contribution in [0.4, 0.5) is 4.39 Å². The van der Waals surface area contributed by atoms with Crippen LogP contribution >= 0.6 is 0 Å². The molecule has 0 saturated carbocycles. The Morgan fingerprint density at radius 3 is 3.10 bits per heavy atom. The Balaban J connectivity index is 1.95. The van der Waals surface area contributed by atoms with Crippen LogP contribution in [0.1, 0.15) is 31.7 Å². The number of halogens is 1. The monoisotopic (exact) mass is 281 g/mol. The van der Waals surface area contributed by atoms with Gasteiger partial charge in [-0.3, -0.25) is 0 Å². The average Bonchev–Trinajstić information content (AvgIpc) is 2.46. The zero-order chi connectivity index (χ0) is 14.4. The van der Waals surface area contributed by atoms with Crippen LogP contribution in [0, 0.1) is 5.82 Å². The van der Waals surface area contributed by atoms with Gasteiger partial charge in [-0.15, -0.1) is 0 Å². The lowest BCUT2D eigenvalue weighted by Crippen LogP contribution is -2.40. The van der Waals surface area contributed by atoms with E-state index in [1.165, 1.54) is 12.8 Å². The summed E-state index contributed by atoms with van der Waals surface area (Å²) in [6.45, 7) is 4.90. The van der Waals surface area contributed by atoms with Gasteiger partial charge in [-0.2, -0.15) is 0 Å². The lowest BCUT2D eigenvalue weighted by Gasteiger charge is -2.32. The number of likely N-dealkylation sites (N-methyl/N-ethyl adjacent to an activating group) is 1. The summed E-state index contributed by atoms with van der Waals surface area (Å²) in [6, 6.07) is 2.06. The van der Waals surface area contributed by atoms with Crippen molar-refractivity contribution in [1.82, 2.24) is 15.2 Å². The zero-order valence-electron chi connectivity index (χ0n) is 12.4. The summed E-state index contributed by atoms with van der Waals surface area (Å²) >= 11 is 0. The first kappa shape index (κ1) is 15.2. The maximum atomic E-state index is 14.2. The quantitative estimate of drug-likeness (QED) is 0.867. The van der Waals surface area contributed by atoms with Gasteiger partial charge in [-0.1, -0.05) is 13.3 Å². The second kappa shape index (κ2) is 7.55. The molecule has 20 heavy (non-hydrogen) atoms. The van der Waals surface area contributed by atoms with Crippen molar-refractivity contribution in [3.8, 4) is 5.88 Å². The Bertz CT molecular complexity index is 428. The number of pyridine rings is 1. The third-order valence-electron chi connectivity index (χ3n) is 3.84. The molecule has 1 aliphatic heterocycles. The number of aromatic nitrogens is 1. The topological polar surface area (TPSA) is 37.4 Å². The molecular weight excluding hydrogens is 257 g/mol. The summed E-state index contributed by atoms with van der Waals surface area (Å²) < 4.78 is 19.8. The highest BCUT2D eigenvalue weighted by Crippen LogP contribution is 2.20. The van der Waals surface area contributed by atoms with E-state index < -0.39 is 0 Å². The second-order valence-electron chi connectivity index (χ2n) is 5.31. The molecule has 1 aliphatic rings. The summed E-state index contributed by atoms with van der Waals surface area (Å²) in [5.74, 6) is -0.216. The number of nitrogens with one attached hydrogen (secondary N) is 1. The highest BCUT2D eigenvalue weighted by Gasteiger charge is 2.20. The van der Waals surface area contributed by atoms with E-state index in [9.17, 15) is 4.39 Å². The Kier molecular flexibility index (Phi) is 5.73. The molecule has 0 aliphatic carbocycles. The van der Waals surface area contributed by atoms with Crippen molar-refractivity contribution < 1.29 is 9.13 Å². The van der Waals surface area contributed by atoms with Gasteiger partial charge in [0.05, 0.1) is 0 Å². The number of nitrogens with zero attached hydrogens (tertiary/aromatic N) is 2.